The van der Waals surface area contributed by atoms with Crippen molar-refractivity contribution in [2.45, 2.75) is 44.2 Å². The molecule has 0 atom stereocenters. The van der Waals surface area contributed by atoms with Crippen molar-refractivity contribution in [3.8, 4) is 6.07 Å². The minimum absolute atomic E-state index is 0.0288. The summed E-state index contributed by atoms with van der Waals surface area (Å²) in [6.07, 6.45) is 1.17. The van der Waals surface area contributed by atoms with Crippen LogP contribution in [0.2, 0.25) is 5.02 Å². The number of aromatic nitrogens is 1. The molecule has 1 aromatic heterocycles. The quantitative estimate of drug-likeness (QED) is 0.769. The lowest BCUT2D eigenvalue weighted by molar-refractivity contribution is 0.101. The number of amides is 1. The Labute approximate surface area is 167 Å². The molecule has 7 nitrogen and oxygen atoms in total. The molecule has 3 rings (SSSR count). The largest absolute Gasteiger partial charge is 0.338 e. The molecule has 2 aromatic rings. The van der Waals surface area contributed by atoms with Crippen LogP contribution in [0.1, 0.15) is 42.0 Å². The summed E-state index contributed by atoms with van der Waals surface area (Å²) in [5.41, 5.74) is 0.507. The number of carbonyl (C=O) groups excluding carboxylic acids is 1. The average molecular weight is 425 g/mol. The number of halogens is 2. The third-order valence-electron chi connectivity index (χ3n) is 4.28. The van der Waals surface area contributed by atoms with E-state index in [9.17, 15) is 17.6 Å². The molecule has 10 heteroatoms. The number of nitrogens with one attached hydrogen (secondary N) is 2. The summed E-state index contributed by atoms with van der Waals surface area (Å²) in [5.74, 6) is -1.33. The van der Waals surface area contributed by atoms with Crippen LogP contribution in [0, 0.1) is 17.1 Å². The maximum Gasteiger partial charge on any atom is 0.273 e. The van der Waals surface area contributed by atoms with Crippen LogP contribution in [0.3, 0.4) is 0 Å². The molecule has 0 spiro atoms. The maximum atomic E-state index is 13.5. The van der Waals surface area contributed by atoms with Crippen LogP contribution >= 0.6 is 11.6 Å². The second-order valence-corrected chi connectivity index (χ2v) is 8.76. The first-order valence-corrected chi connectivity index (χ1v) is 10.5. The highest BCUT2D eigenvalue weighted by atomic mass is 35.5. The molecular formula is C18H18ClFN4O3S. The first kappa shape index (κ1) is 20.3. The lowest BCUT2D eigenvalue weighted by Crippen LogP contribution is -2.30. The van der Waals surface area contributed by atoms with E-state index in [4.69, 9.17) is 16.9 Å². The predicted molar refractivity (Wildman–Crippen MR) is 102 cm³/mol. The number of fused-ring (bicyclic) bond motifs is 1. The van der Waals surface area contributed by atoms with Crippen molar-refractivity contribution in [2.24, 2.45) is 0 Å². The Balaban J connectivity index is 2.03. The third-order valence-corrected chi connectivity index (χ3v) is 6.52. The number of rotatable bonds is 5. The van der Waals surface area contributed by atoms with Crippen LogP contribution in [0.5, 0.6) is 0 Å². The molecule has 2 N–H and O–H groups in total. The van der Waals surface area contributed by atoms with E-state index >= 15 is 0 Å². The van der Waals surface area contributed by atoms with Crippen molar-refractivity contribution in [2.75, 3.05) is 5.32 Å². The smallest absolute Gasteiger partial charge is 0.273 e. The monoisotopic (exact) mass is 424 g/mol. The Bertz CT molecular complexity index is 1100. The molecule has 2 heterocycles. The molecule has 1 amide bonds. The van der Waals surface area contributed by atoms with Crippen LogP contribution < -0.4 is 10.0 Å². The third kappa shape index (κ3) is 3.63. The van der Waals surface area contributed by atoms with Crippen molar-refractivity contribution in [1.29, 1.82) is 5.26 Å². The van der Waals surface area contributed by atoms with Crippen LogP contribution in [-0.2, 0) is 23.0 Å². The molecule has 0 saturated heterocycles. The highest BCUT2D eigenvalue weighted by molar-refractivity contribution is 7.89. The van der Waals surface area contributed by atoms with Gasteiger partial charge in [-0.05, 0) is 44.9 Å². The molecule has 1 aliphatic rings. The molecule has 148 valence electrons. The van der Waals surface area contributed by atoms with Gasteiger partial charge in [0.1, 0.15) is 22.5 Å². The minimum atomic E-state index is -3.89. The first-order chi connectivity index (χ1) is 13.2. The summed E-state index contributed by atoms with van der Waals surface area (Å²) in [7, 11) is -3.89. The van der Waals surface area contributed by atoms with Crippen molar-refractivity contribution in [1.82, 2.24) is 9.29 Å². The Morgan fingerprint density at radius 1 is 1.39 bits per heavy atom. The van der Waals surface area contributed by atoms with E-state index in [1.807, 2.05) is 0 Å². The number of anilines is 1. The number of hydrogen-bond donors (Lipinski definition) is 2. The van der Waals surface area contributed by atoms with Gasteiger partial charge in [-0.2, -0.15) is 5.26 Å². The number of carbonyl (C=O) groups is 1. The van der Waals surface area contributed by atoms with E-state index in [2.05, 4.69) is 10.0 Å². The van der Waals surface area contributed by atoms with E-state index in [1.54, 1.807) is 24.5 Å². The number of nitrogens with zero attached hydrogens (tertiary/aromatic N) is 2. The van der Waals surface area contributed by atoms with Gasteiger partial charge < -0.3 is 9.88 Å². The summed E-state index contributed by atoms with van der Waals surface area (Å²) in [5, 5.41) is 11.3. The summed E-state index contributed by atoms with van der Waals surface area (Å²) < 4.78 is 43.0. The highest BCUT2D eigenvalue weighted by Crippen LogP contribution is 2.36. The van der Waals surface area contributed by atoms with Crippen molar-refractivity contribution in [3.05, 3.63) is 46.0 Å². The van der Waals surface area contributed by atoms with Crippen LogP contribution in [0.15, 0.2) is 23.1 Å². The highest BCUT2D eigenvalue weighted by Gasteiger charge is 2.35. The molecular weight excluding hydrogens is 407 g/mol. The van der Waals surface area contributed by atoms with Crippen LogP contribution in [-0.4, -0.2) is 24.9 Å². The van der Waals surface area contributed by atoms with Crippen molar-refractivity contribution in [3.63, 3.8) is 0 Å². The van der Waals surface area contributed by atoms with Gasteiger partial charge >= 0.3 is 0 Å². The number of sulfonamides is 1. The topological polar surface area (TPSA) is 104 Å². The predicted octanol–water partition coefficient (Wildman–Crippen LogP) is 3.04. The lowest BCUT2D eigenvalue weighted by atomic mass is 10.2. The molecule has 1 aromatic carbocycles. The van der Waals surface area contributed by atoms with E-state index in [1.165, 1.54) is 12.1 Å². The standard InChI is InChI=1S/C18H18ClFN4O3S/c1-10(2)23-28(26,27)17-14-4-3-7-24(14)16(15(17)19)18(25)22-12-5-6-13(20)11(8-12)9-21/h5-6,8,10,23H,3-4,7H2,1-2H3,(H,22,25). The van der Waals surface area contributed by atoms with Gasteiger partial charge in [-0.3, -0.25) is 4.79 Å². The zero-order valence-corrected chi connectivity index (χ0v) is 16.8. The Hall–Kier alpha value is -2.41. The number of hydrogen-bond acceptors (Lipinski definition) is 4. The molecule has 0 fully saturated rings. The summed E-state index contributed by atoms with van der Waals surface area (Å²) in [6.45, 7) is 3.84. The van der Waals surface area contributed by atoms with Gasteiger partial charge in [0.15, 0.2) is 0 Å². The van der Waals surface area contributed by atoms with E-state index < -0.39 is 21.7 Å². The fourth-order valence-corrected chi connectivity index (χ4v) is 5.45. The zero-order chi connectivity index (χ0) is 20.6. The second-order valence-electron chi connectivity index (χ2n) is 6.73. The lowest BCUT2D eigenvalue weighted by Gasteiger charge is -2.10. The second kappa shape index (κ2) is 7.54. The zero-order valence-electron chi connectivity index (χ0n) is 15.2. The normalized spacial score (nSPS) is 13.4. The molecule has 1 aliphatic heterocycles. The van der Waals surface area contributed by atoms with Gasteiger partial charge in [-0.15, -0.1) is 0 Å². The molecule has 0 unspecified atom stereocenters. The Kier molecular flexibility index (Phi) is 5.48. The van der Waals surface area contributed by atoms with E-state index in [0.29, 0.717) is 25.1 Å². The molecule has 28 heavy (non-hydrogen) atoms. The SMILES string of the molecule is CC(C)NS(=O)(=O)c1c(Cl)c(C(=O)Nc2ccc(F)c(C#N)c2)n2c1CCC2. The van der Waals surface area contributed by atoms with Gasteiger partial charge in [0.2, 0.25) is 10.0 Å². The molecule has 0 aliphatic carbocycles. The number of benzene rings is 1. The fourth-order valence-electron chi connectivity index (χ4n) is 3.25. The first-order valence-electron chi connectivity index (χ1n) is 8.60. The summed E-state index contributed by atoms with van der Waals surface area (Å²) >= 11 is 6.35. The summed E-state index contributed by atoms with van der Waals surface area (Å²) in [4.78, 5) is 12.8. The summed E-state index contributed by atoms with van der Waals surface area (Å²) in [6, 6.07) is 4.95. The van der Waals surface area contributed by atoms with Crippen molar-refractivity contribution < 1.29 is 17.6 Å². The van der Waals surface area contributed by atoms with Crippen LogP contribution in [0.4, 0.5) is 10.1 Å². The van der Waals surface area contributed by atoms with Crippen LogP contribution in [0.25, 0.3) is 0 Å². The minimum Gasteiger partial charge on any atom is -0.338 e. The maximum absolute atomic E-state index is 13.5. The molecule has 0 radical (unpaired) electrons. The molecule has 0 bridgehead atoms. The Morgan fingerprint density at radius 3 is 2.75 bits per heavy atom. The fraction of sp³-hybridized carbons (Fsp3) is 0.333. The Morgan fingerprint density at radius 2 is 2.11 bits per heavy atom. The van der Waals surface area contributed by atoms with Crippen molar-refractivity contribution >= 4 is 33.2 Å². The number of nitriles is 1. The van der Waals surface area contributed by atoms with Gasteiger partial charge in [0, 0.05) is 24.0 Å². The molecule has 0 saturated carbocycles. The average Bonchev–Trinajstić information content (AvgIpc) is 3.14. The van der Waals surface area contributed by atoms with Gasteiger partial charge in [-0.1, -0.05) is 11.6 Å². The van der Waals surface area contributed by atoms with E-state index in [-0.39, 0.29) is 32.9 Å². The van der Waals surface area contributed by atoms with Gasteiger partial charge in [0.05, 0.1) is 10.6 Å². The van der Waals surface area contributed by atoms with Gasteiger partial charge in [-0.25, -0.2) is 17.5 Å². The van der Waals surface area contributed by atoms with E-state index in [0.717, 1.165) is 6.07 Å². The van der Waals surface area contributed by atoms with Gasteiger partial charge in [0.25, 0.3) is 5.91 Å².